The van der Waals surface area contributed by atoms with Crippen molar-refractivity contribution in [1.29, 1.82) is 0 Å². The molecule has 0 saturated carbocycles. The first-order valence-electron chi connectivity index (χ1n) is 4.83. The van der Waals surface area contributed by atoms with Crippen LogP contribution in [0.2, 0.25) is 0 Å². The zero-order chi connectivity index (χ0) is 10.1. The summed E-state index contributed by atoms with van der Waals surface area (Å²) in [6, 6.07) is 5.66. The second kappa shape index (κ2) is 7.59. The van der Waals surface area contributed by atoms with Gasteiger partial charge in [0.2, 0.25) is 5.88 Å². The minimum Gasteiger partial charge on any atom is -0.477 e. The molecular formula is C11H19NO. The van der Waals surface area contributed by atoms with Crippen LogP contribution in [-0.2, 0) is 0 Å². The molecule has 0 bridgehead atoms. The molecule has 1 aromatic heterocycles. The fraction of sp³-hybridized carbons (Fsp3) is 0.545. The third-order valence-electron chi connectivity index (χ3n) is 1.20. The van der Waals surface area contributed by atoms with E-state index in [0.717, 1.165) is 6.61 Å². The van der Waals surface area contributed by atoms with Crippen LogP contribution in [0.25, 0.3) is 0 Å². The van der Waals surface area contributed by atoms with Crippen molar-refractivity contribution in [2.75, 3.05) is 6.61 Å². The number of aromatic nitrogens is 1. The van der Waals surface area contributed by atoms with Crippen LogP contribution < -0.4 is 4.74 Å². The molecule has 0 saturated heterocycles. The summed E-state index contributed by atoms with van der Waals surface area (Å²) >= 11 is 0. The number of hydrogen-bond acceptors (Lipinski definition) is 2. The van der Waals surface area contributed by atoms with Crippen LogP contribution in [0, 0.1) is 5.92 Å². The highest BCUT2D eigenvalue weighted by molar-refractivity contribution is 5.08. The van der Waals surface area contributed by atoms with Gasteiger partial charge in [-0.05, 0) is 12.0 Å². The highest BCUT2D eigenvalue weighted by Crippen LogP contribution is 2.04. The van der Waals surface area contributed by atoms with E-state index in [1.165, 1.54) is 0 Å². The Kier molecular flexibility index (Phi) is 6.98. The summed E-state index contributed by atoms with van der Waals surface area (Å²) in [7, 11) is 0. The van der Waals surface area contributed by atoms with Crippen LogP contribution in [0.3, 0.4) is 0 Å². The first-order valence-corrected chi connectivity index (χ1v) is 4.83. The third-order valence-corrected chi connectivity index (χ3v) is 1.20. The second-order valence-electron chi connectivity index (χ2n) is 2.87. The molecule has 0 unspecified atom stereocenters. The van der Waals surface area contributed by atoms with Crippen molar-refractivity contribution < 1.29 is 4.74 Å². The van der Waals surface area contributed by atoms with E-state index in [9.17, 15) is 0 Å². The van der Waals surface area contributed by atoms with E-state index in [1.54, 1.807) is 6.20 Å². The number of ether oxygens (including phenoxy) is 1. The lowest BCUT2D eigenvalue weighted by Crippen LogP contribution is -2.05. The van der Waals surface area contributed by atoms with Gasteiger partial charge in [-0.3, -0.25) is 0 Å². The molecule has 0 aliphatic rings. The normalized spacial score (nSPS) is 9.00. The quantitative estimate of drug-likeness (QED) is 0.714. The summed E-state index contributed by atoms with van der Waals surface area (Å²) in [5, 5.41) is 0. The average Bonchev–Trinajstić information content (AvgIpc) is 2.19. The summed E-state index contributed by atoms with van der Waals surface area (Å²) in [6.45, 7) is 8.96. The van der Waals surface area contributed by atoms with Crippen molar-refractivity contribution in [1.82, 2.24) is 4.98 Å². The molecule has 1 rings (SSSR count). The molecule has 0 aromatic carbocycles. The van der Waals surface area contributed by atoms with Crippen molar-refractivity contribution in [3.63, 3.8) is 0 Å². The van der Waals surface area contributed by atoms with Gasteiger partial charge in [-0.2, -0.15) is 0 Å². The van der Waals surface area contributed by atoms with Crippen molar-refractivity contribution in [2.45, 2.75) is 27.7 Å². The molecule has 1 aromatic rings. The Morgan fingerprint density at radius 1 is 1.31 bits per heavy atom. The van der Waals surface area contributed by atoms with Crippen molar-refractivity contribution in [3.8, 4) is 5.88 Å². The molecule has 0 N–H and O–H groups in total. The SMILES string of the molecule is CC.CC(C)COc1ccccn1. The molecule has 0 radical (unpaired) electrons. The lowest BCUT2D eigenvalue weighted by molar-refractivity contribution is 0.261. The maximum Gasteiger partial charge on any atom is 0.213 e. The lowest BCUT2D eigenvalue weighted by atomic mass is 10.2. The first-order chi connectivity index (χ1) is 6.29. The van der Waals surface area contributed by atoms with E-state index in [-0.39, 0.29) is 0 Å². The summed E-state index contributed by atoms with van der Waals surface area (Å²) in [6.07, 6.45) is 1.73. The van der Waals surface area contributed by atoms with Gasteiger partial charge in [-0.25, -0.2) is 4.98 Å². The fourth-order valence-electron chi connectivity index (χ4n) is 0.685. The van der Waals surface area contributed by atoms with Crippen LogP contribution in [0.1, 0.15) is 27.7 Å². The van der Waals surface area contributed by atoms with Crippen LogP contribution in [0.5, 0.6) is 5.88 Å². The van der Waals surface area contributed by atoms with Gasteiger partial charge in [0.15, 0.2) is 0 Å². The maximum atomic E-state index is 5.36. The van der Waals surface area contributed by atoms with E-state index in [2.05, 4.69) is 18.8 Å². The van der Waals surface area contributed by atoms with Gasteiger partial charge >= 0.3 is 0 Å². The van der Waals surface area contributed by atoms with E-state index in [0.29, 0.717) is 11.8 Å². The summed E-state index contributed by atoms with van der Waals surface area (Å²) in [5.74, 6) is 1.26. The Balaban J connectivity index is 0.000000671. The number of hydrogen-bond donors (Lipinski definition) is 0. The summed E-state index contributed by atoms with van der Waals surface area (Å²) < 4.78 is 5.36. The number of pyridine rings is 1. The highest BCUT2D eigenvalue weighted by Gasteiger charge is 1.95. The Morgan fingerprint density at radius 2 is 2.00 bits per heavy atom. The molecule has 0 amide bonds. The predicted molar refractivity (Wildman–Crippen MR) is 55.9 cm³/mol. The van der Waals surface area contributed by atoms with Gasteiger partial charge < -0.3 is 4.74 Å². The van der Waals surface area contributed by atoms with Gasteiger partial charge in [0.1, 0.15) is 0 Å². The maximum absolute atomic E-state index is 5.36. The van der Waals surface area contributed by atoms with Crippen LogP contribution in [-0.4, -0.2) is 11.6 Å². The molecule has 0 fully saturated rings. The molecule has 2 heteroatoms. The van der Waals surface area contributed by atoms with Crippen molar-refractivity contribution in [2.24, 2.45) is 5.92 Å². The highest BCUT2D eigenvalue weighted by atomic mass is 16.5. The molecule has 0 spiro atoms. The first kappa shape index (κ1) is 11.9. The van der Waals surface area contributed by atoms with Gasteiger partial charge in [0.05, 0.1) is 6.61 Å². The molecule has 74 valence electrons. The molecule has 0 aliphatic heterocycles. The summed E-state index contributed by atoms with van der Waals surface area (Å²) in [5.41, 5.74) is 0. The van der Waals surface area contributed by atoms with Gasteiger partial charge in [0.25, 0.3) is 0 Å². The predicted octanol–water partition coefficient (Wildman–Crippen LogP) is 3.14. The Hall–Kier alpha value is -1.05. The summed E-state index contributed by atoms with van der Waals surface area (Å²) in [4.78, 5) is 4.03. The van der Waals surface area contributed by atoms with Gasteiger partial charge in [-0.1, -0.05) is 33.8 Å². The minimum atomic E-state index is 0.553. The molecular weight excluding hydrogens is 162 g/mol. The fourth-order valence-corrected chi connectivity index (χ4v) is 0.685. The van der Waals surface area contributed by atoms with E-state index < -0.39 is 0 Å². The topological polar surface area (TPSA) is 22.1 Å². The van der Waals surface area contributed by atoms with Gasteiger partial charge in [-0.15, -0.1) is 0 Å². The zero-order valence-corrected chi connectivity index (χ0v) is 8.95. The lowest BCUT2D eigenvalue weighted by Gasteiger charge is -2.06. The molecule has 0 aliphatic carbocycles. The average molecular weight is 181 g/mol. The van der Waals surface area contributed by atoms with Crippen LogP contribution >= 0.6 is 0 Å². The Morgan fingerprint density at radius 3 is 2.46 bits per heavy atom. The van der Waals surface area contributed by atoms with Crippen LogP contribution in [0.4, 0.5) is 0 Å². The number of nitrogens with zero attached hydrogens (tertiary/aromatic N) is 1. The monoisotopic (exact) mass is 181 g/mol. The van der Waals surface area contributed by atoms with E-state index in [4.69, 9.17) is 4.74 Å². The van der Waals surface area contributed by atoms with Crippen molar-refractivity contribution >= 4 is 0 Å². The number of rotatable bonds is 3. The second-order valence-corrected chi connectivity index (χ2v) is 2.87. The smallest absolute Gasteiger partial charge is 0.213 e. The Labute approximate surface area is 81.0 Å². The standard InChI is InChI=1S/C9H13NO.C2H6/c1-8(2)7-11-9-5-3-4-6-10-9;1-2/h3-6,8H,7H2,1-2H3;1-2H3. The molecule has 2 nitrogen and oxygen atoms in total. The molecule has 1 heterocycles. The zero-order valence-electron chi connectivity index (χ0n) is 8.95. The van der Waals surface area contributed by atoms with E-state index >= 15 is 0 Å². The molecule has 13 heavy (non-hydrogen) atoms. The van der Waals surface area contributed by atoms with Crippen LogP contribution in [0.15, 0.2) is 24.4 Å². The van der Waals surface area contributed by atoms with Gasteiger partial charge in [0, 0.05) is 12.3 Å². The largest absolute Gasteiger partial charge is 0.477 e. The molecule has 0 atom stereocenters. The Bertz CT molecular complexity index is 197. The van der Waals surface area contributed by atoms with Crippen molar-refractivity contribution in [3.05, 3.63) is 24.4 Å². The third kappa shape index (κ3) is 6.14. The minimum absolute atomic E-state index is 0.553. The van der Waals surface area contributed by atoms with E-state index in [1.807, 2.05) is 32.0 Å².